The van der Waals surface area contributed by atoms with Gasteiger partial charge in [0.05, 0.1) is 11.8 Å². The van der Waals surface area contributed by atoms with Gasteiger partial charge in [-0.3, -0.25) is 4.79 Å². The van der Waals surface area contributed by atoms with Gasteiger partial charge in [0.25, 0.3) is 5.91 Å². The van der Waals surface area contributed by atoms with Gasteiger partial charge in [-0.25, -0.2) is 0 Å². The minimum atomic E-state index is -0.493. The van der Waals surface area contributed by atoms with E-state index in [9.17, 15) is 4.79 Å². The van der Waals surface area contributed by atoms with Crippen LogP contribution >= 0.6 is 0 Å². The Kier molecular flexibility index (Phi) is 5.12. The molecule has 1 amide bonds. The number of nitrogens with one attached hydrogen (secondary N) is 1. The van der Waals surface area contributed by atoms with Crippen molar-refractivity contribution in [2.75, 3.05) is 5.32 Å². The molecule has 0 bridgehead atoms. The molecule has 5 heteroatoms. The molecule has 1 aromatic rings. The van der Waals surface area contributed by atoms with E-state index in [1.54, 1.807) is 6.92 Å². The molecule has 108 valence electrons. The Bertz CT molecular complexity index is 463. The van der Waals surface area contributed by atoms with Gasteiger partial charge in [-0.05, 0) is 44.7 Å². The molecule has 2 N–H and O–H groups in total. The fourth-order valence-electron chi connectivity index (χ4n) is 2.28. The number of hydrogen-bond acceptors (Lipinski definition) is 4. The summed E-state index contributed by atoms with van der Waals surface area (Å²) in [4.78, 5) is 12.0. The van der Waals surface area contributed by atoms with Gasteiger partial charge in [0.15, 0.2) is 0 Å². The first kappa shape index (κ1) is 14.5. The van der Waals surface area contributed by atoms with Crippen molar-refractivity contribution in [3.8, 4) is 0 Å². The lowest BCUT2D eigenvalue weighted by molar-refractivity contribution is -0.130. The first-order valence-corrected chi connectivity index (χ1v) is 6.90. The second kappa shape index (κ2) is 7.05. The van der Waals surface area contributed by atoms with E-state index in [0.717, 1.165) is 37.1 Å². The minimum absolute atomic E-state index is 0.0528. The number of para-hydroxylation sites is 1. The third-order valence-corrected chi connectivity index (χ3v) is 3.46. The molecule has 0 aromatic heterocycles. The first-order chi connectivity index (χ1) is 9.69. The van der Waals surface area contributed by atoms with E-state index < -0.39 is 6.10 Å². The van der Waals surface area contributed by atoms with Gasteiger partial charge in [0.1, 0.15) is 6.10 Å². The molecule has 0 spiro atoms. The SMILES string of the molecule is CC(OC1CCC(=NO)CC1)C(=O)Nc1ccccc1. The van der Waals surface area contributed by atoms with Crippen LogP contribution in [-0.2, 0) is 9.53 Å². The lowest BCUT2D eigenvalue weighted by Gasteiger charge is -2.25. The molecule has 1 fully saturated rings. The summed E-state index contributed by atoms with van der Waals surface area (Å²) in [5, 5.41) is 14.8. The number of nitrogens with zero attached hydrogens (tertiary/aromatic N) is 1. The average Bonchev–Trinajstić information content (AvgIpc) is 2.49. The van der Waals surface area contributed by atoms with E-state index in [0.29, 0.717) is 0 Å². The summed E-state index contributed by atoms with van der Waals surface area (Å²) in [5.41, 5.74) is 1.58. The summed E-state index contributed by atoms with van der Waals surface area (Å²) >= 11 is 0. The molecule has 5 nitrogen and oxygen atoms in total. The summed E-state index contributed by atoms with van der Waals surface area (Å²) in [5.74, 6) is -0.141. The van der Waals surface area contributed by atoms with Crippen LogP contribution in [0.5, 0.6) is 0 Å². The van der Waals surface area contributed by atoms with Crippen LogP contribution in [0.3, 0.4) is 0 Å². The number of anilines is 1. The standard InChI is InChI=1S/C15H20N2O3/c1-11(15(18)16-12-5-3-2-4-6-12)20-14-9-7-13(17-19)8-10-14/h2-6,11,14,19H,7-10H2,1H3,(H,16,18). The molecule has 1 aromatic carbocycles. The average molecular weight is 276 g/mol. The maximum atomic E-state index is 12.0. The Morgan fingerprint density at radius 3 is 2.60 bits per heavy atom. The number of carbonyl (C=O) groups excluding carboxylic acids is 1. The predicted molar refractivity (Wildman–Crippen MR) is 77.1 cm³/mol. The van der Waals surface area contributed by atoms with E-state index in [1.807, 2.05) is 30.3 Å². The number of carbonyl (C=O) groups is 1. The highest BCUT2D eigenvalue weighted by Crippen LogP contribution is 2.20. The number of amides is 1. The predicted octanol–water partition coefficient (Wildman–Crippen LogP) is 2.80. The van der Waals surface area contributed by atoms with Crippen LogP contribution in [0.25, 0.3) is 0 Å². The van der Waals surface area contributed by atoms with Gasteiger partial charge in [0.2, 0.25) is 0 Å². The summed E-state index contributed by atoms with van der Waals surface area (Å²) in [6.07, 6.45) is 2.61. The quantitative estimate of drug-likeness (QED) is 0.656. The largest absolute Gasteiger partial charge is 0.411 e. The zero-order chi connectivity index (χ0) is 14.4. The third-order valence-electron chi connectivity index (χ3n) is 3.46. The Hall–Kier alpha value is -1.88. The monoisotopic (exact) mass is 276 g/mol. The van der Waals surface area contributed by atoms with E-state index in [1.165, 1.54) is 0 Å². The van der Waals surface area contributed by atoms with E-state index in [-0.39, 0.29) is 12.0 Å². The maximum Gasteiger partial charge on any atom is 0.253 e. The van der Waals surface area contributed by atoms with Crippen molar-refractivity contribution in [1.82, 2.24) is 0 Å². The van der Waals surface area contributed by atoms with Crippen LogP contribution in [0.1, 0.15) is 32.6 Å². The van der Waals surface area contributed by atoms with Crippen LogP contribution in [0.4, 0.5) is 5.69 Å². The second-order valence-corrected chi connectivity index (χ2v) is 5.00. The van der Waals surface area contributed by atoms with Crippen molar-refractivity contribution in [2.24, 2.45) is 5.16 Å². The van der Waals surface area contributed by atoms with Crippen LogP contribution < -0.4 is 5.32 Å². The molecule has 0 heterocycles. The highest BCUT2D eigenvalue weighted by molar-refractivity contribution is 5.93. The van der Waals surface area contributed by atoms with Gasteiger partial charge < -0.3 is 15.3 Å². The molecule has 2 rings (SSSR count). The van der Waals surface area contributed by atoms with Crippen molar-refractivity contribution >= 4 is 17.3 Å². The van der Waals surface area contributed by atoms with E-state index in [2.05, 4.69) is 10.5 Å². The molecule has 1 aliphatic carbocycles. The zero-order valence-electron chi connectivity index (χ0n) is 11.6. The molecular formula is C15H20N2O3. The van der Waals surface area contributed by atoms with Crippen molar-refractivity contribution < 1.29 is 14.7 Å². The normalized spacial score (nSPS) is 20.2. The Labute approximate surface area is 118 Å². The summed E-state index contributed by atoms with van der Waals surface area (Å²) < 4.78 is 5.77. The van der Waals surface area contributed by atoms with E-state index in [4.69, 9.17) is 9.94 Å². The molecule has 1 saturated carbocycles. The van der Waals surface area contributed by atoms with Gasteiger partial charge in [0, 0.05) is 5.69 Å². The Morgan fingerprint density at radius 1 is 1.35 bits per heavy atom. The van der Waals surface area contributed by atoms with Crippen LogP contribution in [0.15, 0.2) is 35.5 Å². The molecule has 0 saturated heterocycles. The molecule has 20 heavy (non-hydrogen) atoms. The second-order valence-electron chi connectivity index (χ2n) is 5.00. The van der Waals surface area contributed by atoms with E-state index >= 15 is 0 Å². The highest BCUT2D eigenvalue weighted by atomic mass is 16.5. The van der Waals surface area contributed by atoms with Gasteiger partial charge in [-0.2, -0.15) is 0 Å². The summed E-state index contributed by atoms with van der Waals surface area (Å²) in [6.45, 7) is 1.76. The van der Waals surface area contributed by atoms with Gasteiger partial charge in [-0.1, -0.05) is 23.4 Å². The fraction of sp³-hybridized carbons (Fsp3) is 0.467. The number of ether oxygens (including phenoxy) is 1. The minimum Gasteiger partial charge on any atom is -0.411 e. The topological polar surface area (TPSA) is 70.9 Å². The Balaban J connectivity index is 1.80. The molecular weight excluding hydrogens is 256 g/mol. The third kappa shape index (κ3) is 4.06. The lowest BCUT2D eigenvalue weighted by atomic mass is 9.96. The number of hydrogen-bond donors (Lipinski definition) is 2. The summed E-state index contributed by atoms with van der Waals surface area (Å²) in [6, 6.07) is 9.33. The van der Waals surface area contributed by atoms with Gasteiger partial charge in [-0.15, -0.1) is 0 Å². The summed E-state index contributed by atoms with van der Waals surface area (Å²) in [7, 11) is 0. The van der Waals surface area contributed by atoms with Crippen molar-refractivity contribution in [2.45, 2.75) is 44.8 Å². The van der Waals surface area contributed by atoms with Crippen molar-refractivity contribution in [3.63, 3.8) is 0 Å². The molecule has 0 radical (unpaired) electrons. The smallest absolute Gasteiger partial charge is 0.253 e. The lowest BCUT2D eigenvalue weighted by Crippen LogP contribution is -2.33. The highest BCUT2D eigenvalue weighted by Gasteiger charge is 2.23. The number of rotatable bonds is 4. The van der Waals surface area contributed by atoms with Crippen molar-refractivity contribution in [3.05, 3.63) is 30.3 Å². The molecule has 1 atom stereocenters. The van der Waals surface area contributed by atoms with Crippen LogP contribution in [-0.4, -0.2) is 29.0 Å². The molecule has 1 aliphatic rings. The first-order valence-electron chi connectivity index (χ1n) is 6.90. The Morgan fingerprint density at radius 2 is 2.00 bits per heavy atom. The maximum absolute atomic E-state index is 12.0. The molecule has 0 aliphatic heterocycles. The van der Waals surface area contributed by atoms with Crippen LogP contribution in [0.2, 0.25) is 0 Å². The molecule has 1 unspecified atom stereocenters. The number of benzene rings is 1. The van der Waals surface area contributed by atoms with Gasteiger partial charge >= 0.3 is 0 Å². The zero-order valence-corrected chi connectivity index (χ0v) is 11.6. The fourth-order valence-corrected chi connectivity index (χ4v) is 2.28. The number of oxime groups is 1. The van der Waals surface area contributed by atoms with Crippen LogP contribution in [0, 0.1) is 0 Å². The van der Waals surface area contributed by atoms with Crippen molar-refractivity contribution in [1.29, 1.82) is 0 Å².